The van der Waals surface area contributed by atoms with E-state index >= 15 is 0 Å². The molecule has 470 valence electrons. The van der Waals surface area contributed by atoms with Gasteiger partial charge in [0.05, 0.1) is 0 Å². The minimum atomic E-state index is -0.780. The Kier molecular flexibility index (Phi) is 66.6. The zero-order chi connectivity index (χ0) is 58.5. The van der Waals surface area contributed by atoms with Gasteiger partial charge in [0.15, 0.2) is 6.10 Å². The molecule has 0 amide bonds. The van der Waals surface area contributed by atoms with Crippen LogP contribution in [0.3, 0.4) is 0 Å². The van der Waals surface area contributed by atoms with Gasteiger partial charge < -0.3 is 14.2 Å². The molecule has 6 nitrogen and oxygen atoms in total. The second-order valence-corrected chi connectivity index (χ2v) is 23.8. The fourth-order valence-electron chi connectivity index (χ4n) is 10.3. The van der Waals surface area contributed by atoms with E-state index in [1.165, 1.54) is 244 Å². The third-order valence-corrected chi connectivity index (χ3v) is 15.7. The average Bonchev–Trinajstić information content (AvgIpc) is 3.47. The normalized spacial score (nSPS) is 12.5. The van der Waals surface area contributed by atoms with Gasteiger partial charge in [0, 0.05) is 19.3 Å². The fraction of sp³-hybridized carbons (Fsp3) is 0.800. The van der Waals surface area contributed by atoms with Crippen molar-refractivity contribution < 1.29 is 28.6 Å². The van der Waals surface area contributed by atoms with Crippen molar-refractivity contribution in [1.82, 2.24) is 0 Å². The molecule has 0 aromatic rings. The molecule has 0 aliphatic carbocycles. The first-order chi connectivity index (χ1) is 40.0. The van der Waals surface area contributed by atoms with E-state index in [9.17, 15) is 14.4 Å². The molecule has 0 aliphatic rings. The van der Waals surface area contributed by atoms with Crippen LogP contribution in [-0.4, -0.2) is 37.2 Å². The smallest absolute Gasteiger partial charge is 0.306 e. The van der Waals surface area contributed by atoms with Gasteiger partial charge in [-0.05, 0) is 109 Å². The minimum absolute atomic E-state index is 0.0763. The Morgan fingerprint density at radius 3 is 0.765 bits per heavy atom. The van der Waals surface area contributed by atoms with Crippen molar-refractivity contribution in [1.29, 1.82) is 0 Å². The SMILES string of the molecule is CCCC/C=C\CCCCCCCC(=O)OCC(COC(=O)CCCCCCCCCCCCCCCCCCCC/C=C\C/C=C\C/C=C\CCCCCCC)OC(=O)CCCCCCCCCCC/C=C\C/C=C\CCCCC. The van der Waals surface area contributed by atoms with Crippen LogP contribution in [0.25, 0.3) is 0 Å². The first-order valence-corrected chi connectivity index (χ1v) is 35.4. The summed E-state index contributed by atoms with van der Waals surface area (Å²) in [6.07, 6.45) is 90.8. The molecular formula is C75H134O6. The van der Waals surface area contributed by atoms with Crippen LogP contribution in [0.2, 0.25) is 0 Å². The summed E-state index contributed by atoms with van der Waals surface area (Å²) in [4.78, 5) is 38.3. The van der Waals surface area contributed by atoms with Crippen LogP contribution >= 0.6 is 0 Å². The predicted molar refractivity (Wildman–Crippen MR) is 353 cm³/mol. The summed E-state index contributed by atoms with van der Waals surface area (Å²) in [6.45, 7) is 6.60. The molecule has 0 saturated carbocycles. The molecule has 0 aliphatic heterocycles. The van der Waals surface area contributed by atoms with Crippen LogP contribution in [-0.2, 0) is 28.6 Å². The lowest BCUT2D eigenvalue weighted by atomic mass is 10.0. The van der Waals surface area contributed by atoms with Gasteiger partial charge in [-0.15, -0.1) is 0 Å². The first-order valence-electron chi connectivity index (χ1n) is 35.4. The molecule has 0 bridgehead atoms. The van der Waals surface area contributed by atoms with Gasteiger partial charge in [0.1, 0.15) is 13.2 Å². The standard InChI is InChI=1S/C75H134O6/c1-4-7-10-13-16-19-22-24-26-28-30-31-32-33-34-35-36-37-38-39-40-41-42-43-45-46-48-50-53-56-59-62-65-68-74(77)80-71-72(70-79-73(76)67-64-61-58-55-52-21-18-15-12-9-6-3)81-75(78)69-66-63-60-57-54-51-49-47-44-29-27-25-23-20-17-14-11-8-5-2/h15,17-18,20,22,24-25,27-28,30,32-33,72H,4-14,16,19,21,23,26,29,31,34-71H2,1-3H3/b18-15-,20-17-,24-22-,27-25-,30-28-,33-32-. The molecule has 0 saturated heterocycles. The lowest BCUT2D eigenvalue weighted by molar-refractivity contribution is -0.167. The van der Waals surface area contributed by atoms with Gasteiger partial charge in [-0.1, -0.05) is 312 Å². The number of unbranched alkanes of at least 4 members (excludes halogenated alkanes) is 42. The lowest BCUT2D eigenvalue weighted by Crippen LogP contribution is -2.30. The Hall–Kier alpha value is -3.15. The van der Waals surface area contributed by atoms with E-state index in [0.717, 1.165) is 83.5 Å². The van der Waals surface area contributed by atoms with Crippen LogP contribution in [0.1, 0.15) is 367 Å². The molecule has 0 N–H and O–H groups in total. The summed E-state index contributed by atoms with van der Waals surface area (Å²) >= 11 is 0. The zero-order valence-corrected chi connectivity index (χ0v) is 54.1. The van der Waals surface area contributed by atoms with Crippen molar-refractivity contribution in [2.45, 2.75) is 374 Å². The van der Waals surface area contributed by atoms with Crippen molar-refractivity contribution >= 4 is 17.9 Å². The molecule has 0 rings (SSSR count). The Bertz CT molecular complexity index is 1490. The number of rotatable bonds is 65. The number of carbonyl (C=O) groups is 3. The van der Waals surface area contributed by atoms with Gasteiger partial charge in [0.2, 0.25) is 0 Å². The summed E-state index contributed by atoms with van der Waals surface area (Å²) in [5, 5.41) is 0. The number of allylic oxidation sites excluding steroid dienone is 12. The summed E-state index contributed by atoms with van der Waals surface area (Å²) < 4.78 is 16.9. The maximum absolute atomic E-state index is 12.9. The molecule has 0 radical (unpaired) electrons. The van der Waals surface area contributed by atoms with Crippen molar-refractivity contribution in [3.05, 3.63) is 72.9 Å². The number of esters is 3. The Morgan fingerprint density at radius 2 is 0.457 bits per heavy atom. The summed E-state index contributed by atoms with van der Waals surface area (Å²) in [7, 11) is 0. The first kappa shape index (κ1) is 77.9. The highest BCUT2D eigenvalue weighted by molar-refractivity contribution is 5.71. The Morgan fingerprint density at radius 1 is 0.247 bits per heavy atom. The molecule has 0 aromatic heterocycles. The van der Waals surface area contributed by atoms with Crippen LogP contribution in [0, 0.1) is 0 Å². The molecule has 1 unspecified atom stereocenters. The molecule has 6 heteroatoms. The minimum Gasteiger partial charge on any atom is -0.462 e. The van der Waals surface area contributed by atoms with Gasteiger partial charge in [-0.25, -0.2) is 0 Å². The van der Waals surface area contributed by atoms with Crippen molar-refractivity contribution in [3.8, 4) is 0 Å². The van der Waals surface area contributed by atoms with Crippen LogP contribution in [0.4, 0.5) is 0 Å². The summed E-state index contributed by atoms with van der Waals surface area (Å²) in [5.74, 6) is -0.872. The van der Waals surface area contributed by atoms with Crippen molar-refractivity contribution in [2.75, 3.05) is 13.2 Å². The maximum atomic E-state index is 12.9. The second-order valence-electron chi connectivity index (χ2n) is 23.8. The van der Waals surface area contributed by atoms with Crippen LogP contribution < -0.4 is 0 Å². The van der Waals surface area contributed by atoms with Gasteiger partial charge in [-0.3, -0.25) is 14.4 Å². The fourth-order valence-corrected chi connectivity index (χ4v) is 10.3. The average molecular weight is 1130 g/mol. The monoisotopic (exact) mass is 1130 g/mol. The number of carbonyl (C=O) groups excluding carboxylic acids is 3. The Labute approximate surface area is 503 Å². The molecule has 0 spiro atoms. The van der Waals surface area contributed by atoms with Gasteiger partial charge >= 0.3 is 17.9 Å². The van der Waals surface area contributed by atoms with Crippen LogP contribution in [0.15, 0.2) is 72.9 Å². The van der Waals surface area contributed by atoms with Gasteiger partial charge in [0.25, 0.3) is 0 Å². The van der Waals surface area contributed by atoms with E-state index in [1.807, 2.05) is 0 Å². The summed E-state index contributed by atoms with van der Waals surface area (Å²) in [6, 6.07) is 0. The van der Waals surface area contributed by atoms with Crippen LogP contribution in [0.5, 0.6) is 0 Å². The third-order valence-electron chi connectivity index (χ3n) is 15.7. The van der Waals surface area contributed by atoms with Crippen molar-refractivity contribution in [3.63, 3.8) is 0 Å². The van der Waals surface area contributed by atoms with E-state index in [1.54, 1.807) is 0 Å². The maximum Gasteiger partial charge on any atom is 0.306 e. The largest absolute Gasteiger partial charge is 0.462 e. The quantitative estimate of drug-likeness (QED) is 0.0261. The topological polar surface area (TPSA) is 78.9 Å². The highest BCUT2D eigenvalue weighted by Gasteiger charge is 2.19. The third kappa shape index (κ3) is 67.5. The molecule has 0 fully saturated rings. The predicted octanol–water partition coefficient (Wildman–Crippen LogP) is 24.4. The lowest BCUT2D eigenvalue weighted by Gasteiger charge is -2.18. The van der Waals surface area contributed by atoms with E-state index in [0.29, 0.717) is 19.3 Å². The van der Waals surface area contributed by atoms with E-state index < -0.39 is 6.10 Å². The summed E-state index contributed by atoms with van der Waals surface area (Å²) in [5.41, 5.74) is 0. The molecule has 0 heterocycles. The van der Waals surface area contributed by atoms with E-state index in [2.05, 4.69) is 93.7 Å². The van der Waals surface area contributed by atoms with Crippen molar-refractivity contribution in [2.24, 2.45) is 0 Å². The number of hydrogen-bond donors (Lipinski definition) is 0. The number of ether oxygens (including phenoxy) is 3. The van der Waals surface area contributed by atoms with E-state index in [4.69, 9.17) is 14.2 Å². The molecular weight excluding hydrogens is 997 g/mol. The molecule has 81 heavy (non-hydrogen) atoms. The number of hydrogen-bond acceptors (Lipinski definition) is 6. The van der Waals surface area contributed by atoms with Gasteiger partial charge in [-0.2, -0.15) is 0 Å². The molecule has 1 atom stereocenters. The Balaban J connectivity index is 4.13. The molecule has 0 aromatic carbocycles. The van der Waals surface area contributed by atoms with E-state index in [-0.39, 0.29) is 31.1 Å². The highest BCUT2D eigenvalue weighted by Crippen LogP contribution is 2.18. The second kappa shape index (κ2) is 69.3. The highest BCUT2D eigenvalue weighted by atomic mass is 16.6. The zero-order valence-electron chi connectivity index (χ0n) is 54.1.